The lowest BCUT2D eigenvalue weighted by molar-refractivity contribution is 0.00578. The van der Waals surface area contributed by atoms with Crippen molar-refractivity contribution in [1.82, 2.24) is 4.98 Å². The lowest BCUT2D eigenvalue weighted by Crippen LogP contribution is -2.41. The van der Waals surface area contributed by atoms with E-state index in [1.807, 2.05) is 27.7 Å². The van der Waals surface area contributed by atoms with Gasteiger partial charge < -0.3 is 9.31 Å². The number of aromatic nitrogens is 1. The van der Waals surface area contributed by atoms with Gasteiger partial charge in [0.15, 0.2) is 9.84 Å². The predicted octanol–water partition coefficient (Wildman–Crippen LogP) is 1.09. The molecule has 7 heteroatoms. The SMILES string of the molecule is Cc1ccc(S(C)(=O)=O)c(B2OC(C)(C)C(C)(C)O2)n1. The van der Waals surface area contributed by atoms with Crippen molar-refractivity contribution in [3.63, 3.8) is 0 Å². The second kappa shape index (κ2) is 4.54. The topological polar surface area (TPSA) is 65.5 Å². The van der Waals surface area contributed by atoms with Crippen molar-refractivity contribution in [3.05, 3.63) is 17.8 Å². The van der Waals surface area contributed by atoms with Gasteiger partial charge in [-0.2, -0.15) is 0 Å². The van der Waals surface area contributed by atoms with Gasteiger partial charge in [0.05, 0.1) is 21.7 Å². The summed E-state index contributed by atoms with van der Waals surface area (Å²) in [6.07, 6.45) is 1.16. The number of hydrogen-bond donors (Lipinski definition) is 0. The molecule has 0 N–H and O–H groups in total. The van der Waals surface area contributed by atoms with E-state index in [1.54, 1.807) is 19.1 Å². The molecule has 0 radical (unpaired) electrons. The zero-order chi connectivity index (χ0) is 15.3. The van der Waals surface area contributed by atoms with Crippen molar-refractivity contribution in [2.75, 3.05) is 6.26 Å². The maximum Gasteiger partial charge on any atom is 0.515 e. The van der Waals surface area contributed by atoms with Gasteiger partial charge in [0.25, 0.3) is 0 Å². The van der Waals surface area contributed by atoms with E-state index in [0.717, 1.165) is 11.9 Å². The molecule has 1 saturated heterocycles. The largest absolute Gasteiger partial charge is 0.515 e. The average Bonchev–Trinajstić information content (AvgIpc) is 2.46. The van der Waals surface area contributed by atoms with Gasteiger partial charge in [-0.3, -0.25) is 4.98 Å². The Kier molecular flexibility index (Phi) is 3.52. The molecule has 2 rings (SSSR count). The summed E-state index contributed by atoms with van der Waals surface area (Å²) in [4.78, 5) is 4.48. The maximum absolute atomic E-state index is 11.9. The summed E-state index contributed by atoms with van der Waals surface area (Å²) < 4.78 is 35.6. The molecule has 0 saturated carbocycles. The smallest absolute Gasteiger partial charge is 0.398 e. The minimum absolute atomic E-state index is 0.154. The van der Waals surface area contributed by atoms with Gasteiger partial charge in [0, 0.05) is 11.9 Å². The Morgan fingerprint density at radius 1 is 1.10 bits per heavy atom. The molecule has 1 fully saturated rings. The van der Waals surface area contributed by atoms with E-state index in [9.17, 15) is 8.42 Å². The Labute approximate surface area is 120 Å². The first-order valence-electron chi connectivity index (χ1n) is 6.47. The van der Waals surface area contributed by atoms with Gasteiger partial charge >= 0.3 is 7.12 Å². The van der Waals surface area contributed by atoms with E-state index in [-0.39, 0.29) is 4.90 Å². The second-order valence-corrected chi connectivity index (χ2v) is 8.18. The molecule has 1 aliphatic heterocycles. The van der Waals surface area contributed by atoms with Crippen molar-refractivity contribution in [2.45, 2.75) is 50.7 Å². The summed E-state index contributed by atoms with van der Waals surface area (Å²) in [5.41, 5.74) is -0.0105. The number of pyridine rings is 1. The summed E-state index contributed by atoms with van der Waals surface area (Å²) in [5, 5.41) is 0. The number of aryl methyl sites for hydroxylation is 1. The van der Waals surface area contributed by atoms with Gasteiger partial charge in [-0.05, 0) is 46.8 Å². The van der Waals surface area contributed by atoms with E-state index in [1.165, 1.54) is 0 Å². The molecule has 1 aliphatic rings. The quantitative estimate of drug-likeness (QED) is 0.765. The second-order valence-electron chi connectivity index (χ2n) is 6.20. The van der Waals surface area contributed by atoms with Crippen LogP contribution in [0.3, 0.4) is 0 Å². The maximum atomic E-state index is 11.9. The molecule has 20 heavy (non-hydrogen) atoms. The number of hydrogen-bond acceptors (Lipinski definition) is 5. The highest BCUT2D eigenvalue weighted by molar-refractivity contribution is 7.91. The van der Waals surface area contributed by atoms with Crippen molar-refractivity contribution < 1.29 is 17.7 Å². The van der Waals surface area contributed by atoms with Crippen LogP contribution in [0.2, 0.25) is 0 Å². The molecule has 0 bridgehead atoms. The van der Waals surface area contributed by atoms with Crippen LogP contribution in [0.25, 0.3) is 0 Å². The molecule has 0 aromatic carbocycles. The molecular weight excluding hydrogens is 277 g/mol. The molecule has 0 spiro atoms. The Morgan fingerprint density at radius 2 is 1.60 bits per heavy atom. The van der Waals surface area contributed by atoms with Gasteiger partial charge in [0.1, 0.15) is 0 Å². The molecule has 2 heterocycles. The van der Waals surface area contributed by atoms with Crippen LogP contribution in [-0.4, -0.2) is 38.0 Å². The molecule has 0 amide bonds. The summed E-state index contributed by atoms with van der Waals surface area (Å²) in [6, 6.07) is 3.23. The lowest BCUT2D eigenvalue weighted by atomic mass is 9.84. The molecule has 5 nitrogen and oxygen atoms in total. The van der Waals surface area contributed by atoms with Gasteiger partial charge in [-0.15, -0.1) is 0 Å². The highest BCUT2D eigenvalue weighted by Gasteiger charge is 2.53. The van der Waals surface area contributed by atoms with Crippen LogP contribution in [0.4, 0.5) is 0 Å². The highest BCUT2D eigenvalue weighted by atomic mass is 32.2. The van der Waals surface area contributed by atoms with Crippen LogP contribution in [0.5, 0.6) is 0 Å². The monoisotopic (exact) mass is 297 g/mol. The summed E-state index contributed by atoms with van der Waals surface area (Å²) in [7, 11) is -4.16. The fraction of sp³-hybridized carbons (Fsp3) is 0.615. The van der Waals surface area contributed by atoms with Gasteiger partial charge in [0.2, 0.25) is 0 Å². The van der Waals surface area contributed by atoms with Crippen LogP contribution >= 0.6 is 0 Å². The van der Waals surface area contributed by atoms with E-state index in [4.69, 9.17) is 9.31 Å². The average molecular weight is 297 g/mol. The van der Waals surface area contributed by atoms with Crippen LogP contribution in [0, 0.1) is 6.92 Å². The van der Waals surface area contributed by atoms with Crippen molar-refractivity contribution in [3.8, 4) is 0 Å². The Hall–Kier alpha value is -0.915. The normalized spacial score (nSPS) is 21.2. The molecule has 0 aliphatic carbocycles. The Bertz CT molecular complexity index is 624. The third-order valence-corrected chi connectivity index (χ3v) is 5.05. The fourth-order valence-corrected chi connectivity index (χ4v) is 2.84. The van der Waals surface area contributed by atoms with E-state index >= 15 is 0 Å². The lowest BCUT2D eigenvalue weighted by Gasteiger charge is -2.32. The number of sulfone groups is 1. The van der Waals surface area contributed by atoms with E-state index in [2.05, 4.69) is 4.98 Å². The Morgan fingerprint density at radius 3 is 2.05 bits per heavy atom. The van der Waals surface area contributed by atoms with Crippen LogP contribution in [0.15, 0.2) is 17.0 Å². The van der Waals surface area contributed by atoms with E-state index < -0.39 is 28.2 Å². The third-order valence-electron chi connectivity index (χ3n) is 3.90. The van der Waals surface area contributed by atoms with Crippen LogP contribution < -0.4 is 5.59 Å². The Balaban J connectivity index is 2.53. The molecule has 0 atom stereocenters. The minimum atomic E-state index is -3.38. The van der Waals surface area contributed by atoms with Crippen molar-refractivity contribution in [2.24, 2.45) is 0 Å². The highest BCUT2D eigenvalue weighted by Crippen LogP contribution is 2.36. The molecule has 1 aromatic heterocycles. The van der Waals surface area contributed by atoms with E-state index in [0.29, 0.717) is 5.59 Å². The first kappa shape index (κ1) is 15.5. The fourth-order valence-electron chi connectivity index (χ4n) is 2.00. The first-order chi connectivity index (χ1) is 8.94. The first-order valence-corrected chi connectivity index (χ1v) is 8.36. The number of nitrogens with zero attached hydrogens (tertiary/aromatic N) is 1. The van der Waals surface area contributed by atoms with Crippen LogP contribution in [0.1, 0.15) is 33.4 Å². The number of rotatable bonds is 2. The molecular formula is C13H20BNO4S. The van der Waals surface area contributed by atoms with Gasteiger partial charge in [-0.1, -0.05) is 0 Å². The molecule has 110 valence electrons. The zero-order valence-electron chi connectivity index (χ0n) is 12.7. The van der Waals surface area contributed by atoms with Gasteiger partial charge in [-0.25, -0.2) is 8.42 Å². The zero-order valence-corrected chi connectivity index (χ0v) is 13.5. The molecule has 0 unspecified atom stereocenters. The third kappa shape index (κ3) is 2.62. The predicted molar refractivity (Wildman–Crippen MR) is 77.8 cm³/mol. The summed E-state index contributed by atoms with van der Waals surface area (Å²) in [6.45, 7) is 9.48. The van der Waals surface area contributed by atoms with Crippen molar-refractivity contribution in [1.29, 1.82) is 0 Å². The summed E-state index contributed by atoms with van der Waals surface area (Å²) in [5.74, 6) is 0. The van der Waals surface area contributed by atoms with Crippen LogP contribution in [-0.2, 0) is 19.1 Å². The van der Waals surface area contributed by atoms with Crippen molar-refractivity contribution >= 4 is 22.5 Å². The summed E-state index contributed by atoms with van der Waals surface area (Å²) >= 11 is 0. The standard InChI is InChI=1S/C13H20BNO4S/c1-9-7-8-10(20(6,16)17)11(15-9)14-18-12(2,3)13(4,5)19-14/h7-8H,1-6H3. The minimum Gasteiger partial charge on any atom is -0.398 e. The molecule has 1 aromatic rings.